The molecule has 0 saturated carbocycles. The SMILES string of the molecule is C[N+](C)(C)CC1CCSc2sccc2C1=O.[I-]. The highest BCUT2D eigenvalue weighted by Crippen LogP contribution is 2.35. The largest absolute Gasteiger partial charge is 1.00 e. The fraction of sp³-hybridized carbons (Fsp3) is 0.583. The summed E-state index contributed by atoms with van der Waals surface area (Å²) in [6.45, 7) is 0.939. The first-order valence-electron chi connectivity index (χ1n) is 5.52. The highest BCUT2D eigenvalue weighted by atomic mass is 127. The molecule has 1 aliphatic rings. The fourth-order valence-corrected chi connectivity index (χ4v) is 4.29. The van der Waals surface area contributed by atoms with E-state index in [2.05, 4.69) is 21.1 Å². The van der Waals surface area contributed by atoms with Gasteiger partial charge in [-0.15, -0.1) is 23.1 Å². The van der Waals surface area contributed by atoms with Crippen LogP contribution in [0.3, 0.4) is 0 Å². The second-order valence-electron chi connectivity index (χ2n) is 5.29. The van der Waals surface area contributed by atoms with Crippen LogP contribution in [0.4, 0.5) is 0 Å². The molecule has 0 radical (unpaired) electrons. The molecule has 2 heterocycles. The van der Waals surface area contributed by atoms with Gasteiger partial charge in [-0.1, -0.05) is 0 Å². The van der Waals surface area contributed by atoms with E-state index in [9.17, 15) is 4.79 Å². The summed E-state index contributed by atoms with van der Waals surface area (Å²) in [6.07, 6.45) is 1.01. The number of thiophene rings is 1. The van der Waals surface area contributed by atoms with Gasteiger partial charge in [0.05, 0.1) is 37.8 Å². The highest BCUT2D eigenvalue weighted by molar-refractivity contribution is 8.01. The number of hydrogen-bond donors (Lipinski definition) is 0. The lowest BCUT2D eigenvalue weighted by Gasteiger charge is -2.27. The molecule has 0 fully saturated rings. The molecule has 1 unspecified atom stereocenters. The smallest absolute Gasteiger partial charge is 0.173 e. The van der Waals surface area contributed by atoms with Crippen LogP contribution in [0, 0.1) is 5.92 Å². The normalized spacial score (nSPS) is 20.4. The maximum Gasteiger partial charge on any atom is 0.173 e. The Labute approximate surface area is 128 Å². The Morgan fingerprint density at radius 3 is 2.76 bits per heavy atom. The number of thioether (sulfide) groups is 1. The minimum atomic E-state index is 0. The third-order valence-electron chi connectivity index (χ3n) is 2.73. The molecule has 5 heteroatoms. The summed E-state index contributed by atoms with van der Waals surface area (Å²) in [5.41, 5.74) is 0.964. The minimum absolute atomic E-state index is 0. The summed E-state index contributed by atoms with van der Waals surface area (Å²) in [5, 5.41) is 2.03. The van der Waals surface area contributed by atoms with E-state index in [1.165, 1.54) is 4.21 Å². The number of carbonyl (C=O) groups is 1. The lowest BCUT2D eigenvalue weighted by atomic mass is 9.96. The van der Waals surface area contributed by atoms with E-state index in [0.717, 1.165) is 28.8 Å². The molecule has 0 aromatic carbocycles. The molecule has 2 rings (SSSR count). The number of fused-ring (bicyclic) bond motifs is 1. The van der Waals surface area contributed by atoms with Gasteiger partial charge in [0.2, 0.25) is 0 Å². The third-order valence-corrected chi connectivity index (χ3v) is 5.00. The number of hydrogen-bond acceptors (Lipinski definition) is 3. The summed E-state index contributed by atoms with van der Waals surface area (Å²) in [7, 11) is 6.46. The van der Waals surface area contributed by atoms with Gasteiger partial charge in [-0.3, -0.25) is 4.79 Å². The monoisotopic (exact) mass is 383 g/mol. The van der Waals surface area contributed by atoms with E-state index in [0.29, 0.717) is 5.78 Å². The molecule has 17 heavy (non-hydrogen) atoms. The predicted octanol–water partition coefficient (Wildman–Crippen LogP) is -0.247. The number of rotatable bonds is 2. The van der Waals surface area contributed by atoms with Gasteiger partial charge in [0.25, 0.3) is 0 Å². The molecular weight excluding hydrogens is 365 g/mol. The van der Waals surface area contributed by atoms with E-state index in [1.54, 1.807) is 11.3 Å². The zero-order chi connectivity index (χ0) is 11.8. The molecule has 1 aromatic heterocycles. The third kappa shape index (κ3) is 3.94. The van der Waals surface area contributed by atoms with Crippen LogP contribution >= 0.6 is 23.1 Å². The predicted molar refractivity (Wildman–Crippen MR) is 70.4 cm³/mol. The highest BCUT2D eigenvalue weighted by Gasteiger charge is 2.30. The second-order valence-corrected chi connectivity index (χ2v) is 7.57. The van der Waals surface area contributed by atoms with Gasteiger partial charge >= 0.3 is 0 Å². The molecular formula is C12H18INOS2. The van der Waals surface area contributed by atoms with Crippen molar-refractivity contribution in [2.45, 2.75) is 10.6 Å². The molecule has 1 aromatic rings. The maximum absolute atomic E-state index is 12.4. The maximum atomic E-state index is 12.4. The molecule has 96 valence electrons. The Morgan fingerprint density at radius 1 is 1.41 bits per heavy atom. The number of Topliss-reactive ketones (excluding diaryl/α,β-unsaturated/α-hetero) is 1. The van der Waals surface area contributed by atoms with E-state index >= 15 is 0 Å². The molecule has 0 spiro atoms. The molecule has 2 nitrogen and oxygen atoms in total. The van der Waals surface area contributed by atoms with E-state index in [-0.39, 0.29) is 29.9 Å². The van der Waals surface area contributed by atoms with Gasteiger partial charge in [-0.05, 0) is 23.6 Å². The van der Waals surface area contributed by atoms with Gasteiger partial charge in [-0.25, -0.2) is 0 Å². The van der Waals surface area contributed by atoms with Crippen LogP contribution in [0.5, 0.6) is 0 Å². The van der Waals surface area contributed by atoms with Crippen molar-refractivity contribution in [3.63, 3.8) is 0 Å². The second kappa shape index (κ2) is 6.04. The topological polar surface area (TPSA) is 17.1 Å². The van der Waals surface area contributed by atoms with Crippen molar-refractivity contribution in [1.29, 1.82) is 0 Å². The molecule has 0 amide bonds. The van der Waals surface area contributed by atoms with Crippen molar-refractivity contribution >= 4 is 28.9 Å². The fourth-order valence-electron chi connectivity index (χ4n) is 2.07. The van der Waals surface area contributed by atoms with Crippen molar-refractivity contribution in [1.82, 2.24) is 0 Å². The summed E-state index contributed by atoms with van der Waals surface area (Å²) >= 11 is 3.54. The van der Waals surface area contributed by atoms with Gasteiger partial charge in [-0.2, -0.15) is 0 Å². The number of nitrogens with zero attached hydrogens (tertiary/aromatic N) is 1. The average Bonchev–Trinajstić information content (AvgIpc) is 2.56. The van der Waals surface area contributed by atoms with Gasteiger partial charge in [0.15, 0.2) is 5.78 Å². The summed E-state index contributed by atoms with van der Waals surface area (Å²) in [5.74, 6) is 1.63. The Hall–Kier alpha value is 0.410. The first-order valence-corrected chi connectivity index (χ1v) is 7.39. The van der Waals surface area contributed by atoms with Crippen LogP contribution in [0.1, 0.15) is 16.8 Å². The Balaban J connectivity index is 0.00000144. The standard InChI is InChI=1S/C12H18NOS2.HI/c1-13(2,3)8-9-4-6-15-12-10(11(9)14)5-7-16-12;/h5,7,9H,4,6,8H2,1-3H3;1H/q+1;/p-1. The van der Waals surface area contributed by atoms with Crippen LogP contribution in [0.2, 0.25) is 0 Å². The van der Waals surface area contributed by atoms with Crippen LogP contribution in [-0.2, 0) is 0 Å². The Bertz CT molecular complexity index is 397. The first kappa shape index (κ1) is 15.5. The van der Waals surface area contributed by atoms with Crippen molar-refractivity contribution in [2.75, 3.05) is 33.4 Å². The lowest BCUT2D eigenvalue weighted by Crippen LogP contribution is -3.00. The van der Waals surface area contributed by atoms with Crippen LogP contribution < -0.4 is 24.0 Å². The number of carbonyl (C=O) groups excluding carboxylic acids is 1. The van der Waals surface area contributed by atoms with E-state index < -0.39 is 0 Å². The van der Waals surface area contributed by atoms with Gasteiger partial charge < -0.3 is 28.5 Å². The quantitative estimate of drug-likeness (QED) is 0.518. The summed E-state index contributed by atoms with van der Waals surface area (Å²) in [6, 6.07) is 1.99. The average molecular weight is 383 g/mol. The summed E-state index contributed by atoms with van der Waals surface area (Å²) < 4.78 is 2.08. The molecule has 0 saturated heterocycles. The molecule has 0 bridgehead atoms. The zero-order valence-corrected chi connectivity index (χ0v) is 14.2. The molecule has 1 atom stereocenters. The van der Waals surface area contributed by atoms with Gasteiger partial charge in [0.1, 0.15) is 0 Å². The molecule has 1 aliphatic heterocycles. The van der Waals surface area contributed by atoms with Crippen molar-refractivity contribution < 1.29 is 33.3 Å². The number of halogens is 1. The first-order chi connectivity index (χ1) is 7.47. The van der Waals surface area contributed by atoms with Crippen LogP contribution in [0.15, 0.2) is 15.7 Å². The van der Waals surface area contributed by atoms with Crippen molar-refractivity contribution in [3.8, 4) is 0 Å². The van der Waals surface area contributed by atoms with Gasteiger partial charge in [0, 0.05) is 5.56 Å². The Morgan fingerprint density at radius 2 is 2.12 bits per heavy atom. The minimum Gasteiger partial charge on any atom is -1.00 e. The van der Waals surface area contributed by atoms with Crippen LogP contribution in [0.25, 0.3) is 0 Å². The van der Waals surface area contributed by atoms with Crippen LogP contribution in [-0.4, -0.2) is 43.7 Å². The van der Waals surface area contributed by atoms with Crippen molar-refractivity contribution in [3.05, 3.63) is 17.0 Å². The number of ketones is 1. The molecule has 0 N–H and O–H groups in total. The lowest BCUT2D eigenvalue weighted by molar-refractivity contribution is -0.872. The number of quaternary nitrogens is 1. The Kier molecular flexibility index (Phi) is 5.49. The van der Waals surface area contributed by atoms with E-state index in [1.807, 2.05) is 23.2 Å². The molecule has 0 aliphatic carbocycles. The summed E-state index contributed by atoms with van der Waals surface area (Å²) in [4.78, 5) is 12.4. The van der Waals surface area contributed by atoms with E-state index in [4.69, 9.17) is 0 Å². The van der Waals surface area contributed by atoms with Crippen molar-refractivity contribution in [2.24, 2.45) is 5.92 Å². The zero-order valence-electron chi connectivity index (χ0n) is 10.4.